The third kappa shape index (κ3) is 2.13. The van der Waals surface area contributed by atoms with Gasteiger partial charge in [0, 0.05) is 21.8 Å². The molecule has 0 saturated carbocycles. The number of H-pyrrole nitrogens is 1. The maximum Gasteiger partial charge on any atom is 0.0713 e. The van der Waals surface area contributed by atoms with Crippen molar-refractivity contribution in [3.8, 4) is 11.1 Å². The van der Waals surface area contributed by atoms with Gasteiger partial charge in [0.1, 0.15) is 0 Å². The van der Waals surface area contributed by atoms with Gasteiger partial charge in [0.05, 0.1) is 5.41 Å². The second-order valence-corrected chi connectivity index (χ2v) is 8.61. The molecule has 0 aliphatic heterocycles. The Labute approximate surface area is 187 Å². The molecule has 1 nitrogen and oxygen atoms in total. The normalized spacial score (nSPS) is 13.9. The highest BCUT2D eigenvalue weighted by Crippen LogP contribution is 2.58. The minimum atomic E-state index is -0.346. The molecule has 1 N–H and O–H groups in total. The summed E-state index contributed by atoms with van der Waals surface area (Å²) in [5, 5.41) is 2.60. The summed E-state index contributed by atoms with van der Waals surface area (Å²) >= 11 is 0. The highest BCUT2D eigenvalue weighted by Gasteiger charge is 2.46. The minimum Gasteiger partial charge on any atom is -0.354 e. The second kappa shape index (κ2) is 6.45. The van der Waals surface area contributed by atoms with Crippen LogP contribution in [0.5, 0.6) is 0 Å². The van der Waals surface area contributed by atoms with E-state index >= 15 is 0 Å². The SMILES string of the molecule is c1ccc(C2(c3ccccc3)c3ccccc3-c3c2ccc2[nH]c4ccccc4c32)cc1. The number of nitrogens with one attached hydrogen (secondary N) is 1. The predicted octanol–water partition coefficient (Wildman–Crippen LogP) is 7.68. The van der Waals surface area contributed by atoms with Crippen LogP contribution in [0.15, 0.2) is 121 Å². The zero-order valence-electron chi connectivity index (χ0n) is 17.5. The first-order chi connectivity index (χ1) is 15.9. The number of benzene rings is 5. The molecule has 0 radical (unpaired) electrons. The molecule has 150 valence electrons. The molecule has 0 bridgehead atoms. The summed E-state index contributed by atoms with van der Waals surface area (Å²) in [6, 6.07) is 44.2. The predicted molar refractivity (Wildman–Crippen MR) is 133 cm³/mol. The van der Waals surface area contributed by atoms with Crippen LogP contribution in [0.2, 0.25) is 0 Å². The fourth-order valence-electron chi connectivity index (χ4n) is 5.87. The smallest absolute Gasteiger partial charge is 0.0713 e. The van der Waals surface area contributed by atoms with Gasteiger partial charge in [-0.3, -0.25) is 0 Å². The van der Waals surface area contributed by atoms with E-state index in [-0.39, 0.29) is 5.41 Å². The van der Waals surface area contributed by atoms with E-state index in [1.54, 1.807) is 0 Å². The van der Waals surface area contributed by atoms with Gasteiger partial charge in [0.25, 0.3) is 0 Å². The fourth-order valence-corrected chi connectivity index (χ4v) is 5.87. The topological polar surface area (TPSA) is 15.8 Å². The van der Waals surface area contributed by atoms with Gasteiger partial charge in [-0.15, -0.1) is 0 Å². The molecule has 32 heavy (non-hydrogen) atoms. The van der Waals surface area contributed by atoms with Crippen molar-refractivity contribution in [2.45, 2.75) is 5.41 Å². The lowest BCUT2D eigenvalue weighted by Gasteiger charge is -2.33. The van der Waals surface area contributed by atoms with Crippen LogP contribution in [0.25, 0.3) is 32.9 Å². The lowest BCUT2D eigenvalue weighted by Crippen LogP contribution is -2.28. The summed E-state index contributed by atoms with van der Waals surface area (Å²) in [5.74, 6) is 0. The van der Waals surface area contributed by atoms with Crippen LogP contribution >= 0.6 is 0 Å². The molecule has 1 heterocycles. The first-order valence-electron chi connectivity index (χ1n) is 11.1. The van der Waals surface area contributed by atoms with Crippen molar-refractivity contribution in [2.75, 3.05) is 0 Å². The molecular formula is C31H21N. The molecule has 0 atom stereocenters. The molecule has 0 fully saturated rings. The molecule has 1 aliphatic carbocycles. The van der Waals surface area contributed by atoms with E-state index in [0.717, 1.165) is 0 Å². The van der Waals surface area contributed by atoms with E-state index in [9.17, 15) is 0 Å². The van der Waals surface area contributed by atoms with Crippen LogP contribution in [-0.2, 0) is 5.41 Å². The van der Waals surface area contributed by atoms with Crippen molar-refractivity contribution in [3.63, 3.8) is 0 Å². The summed E-state index contributed by atoms with van der Waals surface area (Å²) in [6.45, 7) is 0. The maximum atomic E-state index is 3.65. The van der Waals surface area contributed by atoms with Crippen molar-refractivity contribution < 1.29 is 0 Å². The van der Waals surface area contributed by atoms with Gasteiger partial charge in [-0.1, -0.05) is 109 Å². The molecule has 1 aliphatic rings. The average Bonchev–Trinajstić information content (AvgIpc) is 3.39. The van der Waals surface area contributed by atoms with Gasteiger partial charge < -0.3 is 4.98 Å². The summed E-state index contributed by atoms with van der Waals surface area (Å²) in [5.41, 5.74) is 10.0. The van der Waals surface area contributed by atoms with Crippen LogP contribution in [0.3, 0.4) is 0 Å². The van der Waals surface area contributed by atoms with E-state index in [1.807, 2.05) is 0 Å². The quantitative estimate of drug-likeness (QED) is 0.302. The molecular weight excluding hydrogens is 386 g/mol. The molecule has 1 aromatic heterocycles. The number of para-hydroxylation sites is 1. The van der Waals surface area contributed by atoms with Gasteiger partial charge in [-0.05, 0) is 45.5 Å². The molecule has 5 aromatic carbocycles. The zero-order valence-corrected chi connectivity index (χ0v) is 17.5. The van der Waals surface area contributed by atoms with E-state index in [1.165, 1.54) is 55.2 Å². The monoisotopic (exact) mass is 407 g/mol. The van der Waals surface area contributed by atoms with E-state index in [4.69, 9.17) is 0 Å². The number of hydrogen-bond acceptors (Lipinski definition) is 0. The van der Waals surface area contributed by atoms with Crippen molar-refractivity contribution in [1.82, 2.24) is 4.98 Å². The van der Waals surface area contributed by atoms with Gasteiger partial charge >= 0.3 is 0 Å². The van der Waals surface area contributed by atoms with Gasteiger partial charge in [-0.2, -0.15) is 0 Å². The van der Waals surface area contributed by atoms with Gasteiger partial charge in [0.2, 0.25) is 0 Å². The van der Waals surface area contributed by atoms with Crippen LogP contribution in [0.1, 0.15) is 22.3 Å². The van der Waals surface area contributed by atoms with Gasteiger partial charge in [0.15, 0.2) is 0 Å². The molecule has 6 aromatic rings. The Bertz CT molecular complexity index is 1570. The van der Waals surface area contributed by atoms with E-state index in [2.05, 4.69) is 126 Å². The first kappa shape index (κ1) is 17.6. The summed E-state index contributed by atoms with van der Waals surface area (Å²) in [4.78, 5) is 3.65. The maximum absolute atomic E-state index is 3.65. The number of aromatic amines is 1. The first-order valence-corrected chi connectivity index (χ1v) is 11.1. The van der Waals surface area contributed by atoms with Crippen LogP contribution in [0.4, 0.5) is 0 Å². The fraction of sp³-hybridized carbons (Fsp3) is 0.0323. The molecule has 0 unspecified atom stereocenters. The van der Waals surface area contributed by atoms with Crippen LogP contribution < -0.4 is 0 Å². The van der Waals surface area contributed by atoms with Gasteiger partial charge in [-0.25, -0.2) is 0 Å². The molecule has 0 amide bonds. The van der Waals surface area contributed by atoms with Crippen molar-refractivity contribution >= 4 is 21.8 Å². The lowest BCUT2D eigenvalue weighted by molar-refractivity contribution is 0.769. The summed E-state index contributed by atoms with van der Waals surface area (Å²) in [6.07, 6.45) is 0. The zero-order chi connectivity index (χ0) is 21.1. The van der Waals surface area contributed by atoms with Crippen LogP contribution in [-0.4, -0.2) is 4.98 Å². The average molecular weight is 408 g/mol. The Morgan fingerprint density at radius 2 is 1.09 bits per heavy atom. The number of hydrogen-bond donors (Lipinski definition) is 1. The Morgan fingerprint density at radius 1 is 0.469 bits per heavy atom. The molecule has 0 spiro atoms. The van der Waals surface area contributed by atoms with Crippen molar-refractivity contribution in [1.29, 1.82) is 0 Å². The Morgan fingerprint density at radius 3 is 1.84 bits per heavy atom. The van der Waals surface area contributed by atoms with Crippen molar-refractivity contribution in [3.05, 3.63) is 144 Å². The number of fused-ring (bicyclic) bond motifs is 7. The van der Waals surface area contributed by atoms with E-state index in [0.29, 0.717) is 0 Å². The minimum absolute atomic E-state index is 0.346. The Hall–Kier alpha value is -4.10. The number of rotatable bonds is 2. The molecule has 1 heteroatoms. The third-order valence-electron chi connectivity index (χ3n) is 7.09. The summed E-state index contributed by atoms with van der Waals surface area (Å²) in [7, 11) is 0. The standard InChI is InChI=1S/C31H21N/c1-3-11-21(12-4-1)31(22-13-5-2-6-14-22)25-17-9-7-15-23(25)29-26(31)19-20-28-30(29)24-16-8-10-18-27(24)32-28/h1-20,32H. The van der Waals surface area contributed by atoms with Crippen LogP contribution in [0, 0.1) is 0 Å². The Kier molecular flexibility index (Phi) is 3.54. The largest absolute Gasteiger partial charge is 0.354 e. The second-order valence-electron chi connectivity index (χ2n) is 8.61. The lowest BCUT2D eigenvalue weighted by atomic mass is 9.67. The van der Waals surface area contributed by atoms with Crippen molar-refractivity contribution in [2.24, 2.45) is 0 Å². The molecule has 0 saturated heterocycles. The molecule has 7 rings (SSSR count). The summed E-state index contributed by atoms with van der Waals surface area (Å²) < 4.78 is 0. The third-order valence-corrected chi connectivity index (χ3v) is 7.09. The number of aromatic nitrogens is 1. The highest BCUT2D eigenvalue weighted by molar-refractivity contribution is 6.17. The Balaban J connectivity index is 1.73. The highest BCUT2D eigenvalue weighted by atomic mass is 14.7. The van der Waals surface area contributed by atoms with E-state index < -0.39 is 0 Å².